The molecule has 0 saturated heterocycles. The first-order chi connectivity index (χ1) is 8.90. The number of ether oxygens (including phenoxy) is 2. The van der Waals surface area contributed by atoms with Gasteiger partial charge in [0.1, 0.15) is 24.7 Å². The Morgan fingerprint density at radius 1 is 0.778 bits per heavy atom. The molecule has 0 aliphatic rings. The minimum Gasteiger partial charge on any atom is -0.490 e. The molecular formula is C15H15IO2. The Morgan fingerprint density at radius 3 is 2.22 bits per heavy atom. The molecule has 0 bridgehead atoms. The molecule has 0 saturated carbocycles. The molecule has 18 heavy (non-hydrogen) atoms. The molecule has 0 unspecified atom stereocenters. The minimum atomic E-state index is 0.555. The molecule has 2 aromatic carbocycles. The van der Waals surface area contributed by atoms with Gasteiger partial charge in [-0.25, -0.2) is 0 Å². The Labute approximate surface area is 121 Å². The molecule has 2 aromatic rings. The van der Waals surface area contributed by atoms with Crippen molar-refractivity contribution in [1.82, 2.24) is 0 Å². The fourth-order valence-corrected chi connectivity index (χ4v) is 2.21. The van der Waals surface area contributed by atoms with Crippen molar-refractivity contribution in [1.29, 1.82) is 0 Å². The first kappa shape index (κ1) is 13.2. The average molecular weight is 354 g/mol. The van der Waals surface area contributed by atoms with Gasteiger partial charge in [-0.15, -0.1) is 0 Å². The summed E-state index contributed by atoms with van der Waals surface area (Å²) >= 11 is 2.34. The number of hydrogen-bond donors (Lipinski definition) is 0. The van der Waals surface area contributed by atoms with Gasteiger partial charge >= 0.3 is 0 Å². The monoisotopic (exact) mass is 354 g/mol. The zero-order valence-corrected chi connectivity index (χ0v) is 12.2. The molecule has 0 aliphatic heterocycles. The summed E-state index contributed by atoms with van der Waals surface area (Å²) in [7, 11) is 0. The molecule has 0 aromatic heterocycles. The second-order valence-electron chi connectivity index (χ2n) is 3.75. The molecule has 94 valence electrons. The minimum absolute atomic E-state index is 0.555. The second-order valence-corrected chi connectivity index (χ2v) is 4.51. The van der Waals surface area contributed by atoms with Crippen molar-refractivity contribution in [2.24, 2.45) is 0 Å². The van der Waals surface area contributed by atoms with Crippen LogP contribution in [0.1, 0.15) is 5.56 Å². The van der Waals surface area contributed by atoms with E-state index in [1.54, 1.807) is 0 Å². The molecule has 0 aliphatic carbocycles. The lowest BCUT2D eigenvalue weighted by Crippen LogP contribution is -2.09. The van der Waals surface area contributed by atoms with Gasteiger partial charge in [0.25, 0.3) is 0 Å². The molecular weight excluding hydrogens is 339 g/mol. The van der Waals surface area contributed by atoms with Crippen LogP contribution < -0.4 is 9.47 Å². The van der Waals surface area contributed by atoms with E-state index < -0.39 is 0 Å². The van der Waals surface area contributed by atoms with E-state index in [9.17, 15) is 0 Å². The van der Waals surface area contributed by atoms with E-state index >= 15 is 0 Å². The van der Waals surface area contributed by atoms with E-state index in [-0.39, 0.29) is 0 Å². The van der Waals surface area contributed by atoms with Gasteiger partial charge in [-0.05, 0) is 18.2 Å². The van der Waals surface area contributed by atoms with Gasteiger partial charge in [0, 0.05) is 9.99 Å². The molecule has 0 N–H and O–H groups in total. The lowest BCUT2D eigenvalue weighted by atomic mass is 10.2. The summed E-state index contributed by atoms with van der Waals surface area (Å²) in [6.07, 6.45) is 0. The van der Waals surface area contributed by atoms with Crippen molar-refractivity contribution in [3.63, 3.8) is 0 Å². The van der Waals surface area contributed by atoms with Crippen molar-refractivity contribution in [2.45, 2.75) is 4.43 Å². The maximum atomic E-state index is 5.72. The first-order valence-electron chi connectivity index (χ1n) is 5.84. The van der Waals surface area contributed by atoms with E-state index in [0.717, 1.165) is 15.9 Å². The quantitative estimate of drug-likeness (QED) is 0.442. The maximum Gasteiger partial charge on any atom is 0.123 e. The first-order valence-corrected chi connectivity index (χ1v) is 7.37. The van der Waals surface area contributed by atoms with E-state index in [2.05, 4.69) is 28.7 Å². The fourth-order valence-electron chi connectivity index (χ4n) is 1.58. The predicted octanol–water partition coefficient (Wildman–Crippen LogP) is 4.08. The highest BCUT2D eigenvalue weighted by atomic mass is 127. The van der Waals surface area contributed by atoms with E-state index in [0.29, 0.717) is 13.2 Å². The van der Waals surface area contributed by atoms with Crippen molar-refractivity contribution in [3.05, 3.63) is 60.2 Å². The van der Waals surface area contributed by atoms with E-state index in [4.69, 9.17) is 9.47 Å². The molecule has 2 nitrogen and oxygen atoms in total. The number of para-hydroxylation sites is 2. The van der Waals surface area contributed by atoms with Crippen LogP contribution in [0.15, 0.2) is 54.6 Å². The van der Waals surface area contributed by atoms with Crippen LogP contribution in [0.25, 0.3) is 0 Å². The van der Waals surface area contributed by atoms with Crippen LogP contribution in [0.5, 0.6) is 11.5 Å². The molecule has 0 heterocycles. The maximum absolute atomic E-state index is 5.72. The highest BCUT2D eigenvalue weighted by Gasteiger charge is 2.00. The van der Waals surface area contributed by atoms with Crippen LogP contribution in [0, 0.1) is 0 Å². The summed E-state index contributed by atoms with van der Waals surface area (Å²) in [5.74, 6) is 1.83. The van der Waals surface area contributed by atoms with Crippen molar-refractivity contribution < 1.29 is 9.47 Å². The summed E-state index contributed by atoms with van der Waals surface area (Å²) in [6, 6.07) is 17.9. The van der Waals surface area contributed by atoms with Crippen molar-refractivity contribution >= 4 is 22.6 Å². The topological polar surface area (TPSA) is 18.5 Å². The lowest BCUT2D eigenvalue weighted by molar-refractivity contribution is 0.216. The smallest absolute Gasteiger partial charge is 0.123 e. The Kier molecular flexibility index (Phi) is 5.33. The van der Waals surface area contributed by atoms with Crippen LogP contribution in [0.3, 0.4) is 0 Å². The van der Waals surface area contributed by atoms with Gasteiger partial charge in [0.05, 0.1) is 0 Å². The highest BCUT2D eigenvalue weighted by Crippen LogP contribution is 2.20. The van der Waals surface area contributed by atoms with E-state index in [1.165, 1.54) is 5.56 Å². The third kappa shape index (κ3) is 3.91. The normalized spacial score (nSPS) is 10.1. The Balaban J connectivity index is 1.78. The van der Waals surface area contributed by atoms with Crippen LogP contribution in [0.4, 0.5) is 0 Å². The van der Waals surface area contributed by atoms with E-state index in [1.807, 2.05) is 48.5 Å². The molecule has 3 heteroatoms. The number of rotatable bonds is 6. The standard InChI is InChI=1S/C15H15IO2/c16-12-13-6-4-5-9-15(13)18-11-10-17-14-7-2-1-3-8-14/h1-9H,10-12H2. The number of alkyl halides is 1. The van der Waals surface area contributed by atoms with Crippen molar-refractivity contribution in [2.75, 3.05) is 13.2 Å². The molecule has 0 fully saturated rings. The van der Waals surface area contributed by atoms with Gasteiger partial charge in [-0.3, -0.25) is 0 Å². The number of hydrogen-bond acceptors (Lipinski definition) is 2. The summed E-state index contributed by atoms with van der Waals surface area (Å²) in [4.78, 5) is 0. The number of halogens is 1. The van der Waals surface area contributed by atoms with Gasteiger partial charge in [-0.1, -0.05) is 59.0 Å². The molecule has 2 rings (SSSR count). The zero-order chi connectivity index (χ0) is 12.6. The highest BCUT2D eigenvalue weighted by molar-refractivity contribution is 14.1. The Hall–Kier alpha value is -1.23. The van der Waals surface area contributed by atoms with Gasteiger partial charge in [0.2, 0.25) is 0 Å². The molecule has 0 radical (unpaired) electrons. The Bertz CT molecular complexity index is 471. The van der Waals surface area contributed by atoms with Crippen LogP contribution in [0.2, 0.25) is 0 Å². The number of benzene rings is 2. The van der Waals surface area contributed by atoms with Crippen LogP contribution >= 0.6 is 22.6 Å². The largest absolute Gasteiger partial charge is 0.490 e. The van der Waals surface area contributed by atoms with Crippen LogP contribution in [-0.4, -0.2) is 13.2 Å². The summed E-state index contributed by atoms with van der Waals surface area (Å²) in [6.45, 7) is 1.11. The summed E-state index contributed by atoms with van der Waals surface area (Å²) in [5.41, 5.74) is 1.22. The predicted molar refractivity (Wildman–Crippen MR) is 81.6 cm³/mol. The lowest BCUT2D eigenvalue weighted by Gasteiger charge is -2.10. The molecule has 0 atom stereocenters. The molecule has 0 amide bonds. The SMILES string of the molecule is ICc1ccccc1OCCOc1ccccc1. The van der Waals surface area contributed by atoms with Crippen molar-refractivity contribution in [3.8, 4) is 11.5 Å². The molecule has 0 spiro atoms. The summed E-state index contributed by atoms with van der Waals surface area (Å²) in [5, 5.41) is 0. The fraction of sp³-hybridized carbons (Fsp3) is 0.200. The van der Waals surface area contributed by atoms with Crippen LogP contribution in [-0.2, 0) is 4.43 Å². The second kappa shape index (κ2) is 7.26. The Morgan fingerprint density at radius 2 is 1.44 bits per heavy atom. The van der Waals surface area contributed by atoms with Gasteiger partial charge in [-0.2, -0.15) is 0 Å². The van der Waals surface area contributed by atoms with Gasteiger partial charge < -0.3 is 9.47 Å². The average Bonchev–Trinajstić information content (AvgIpc) is 2.45. The third-order valence-corrected chi connectivity index (χ3v) is 3.29. The zero-order valence-electron chi connectivity index (χ0n) is 10.0. The third-order valence-electron chi connectivity index (χ3n) is 2.47. The summed E-state index contributed by atoms with van der Waals surface area (Å²) < 4.78 is 12.2. The van der Waals surface area contributed by atoms with Gasteiger partial charge in [0.15, 0.2) is 0 Å².